The summed E-state index contributed by atoms with van der Waals surface area (Å²) in [7, 11) is 1.49. The summed E-state index contributed by atoms with van der Waals surface area (Å²) in [5, 5.41) is 3.64. The highest BCUT2D eigenvalue weighted by atomic mass is 32.1. The number of amides is 2. The molecule has 19 heavy (non-hydrogen) atoms. The van der Waals surface area contributed by atoms with Gasteiger partial charge in [0.1, 0.15) is 6.04 Å². The molecule has 2 heterocycles. The number of hydrogen-bond acceptors (Lipinski definition) is 6. The molecule has 0 saturated carbocycles. The lowest BCUT2D eigenvalue weighted by Gasteiger charge is -2.09. The molecule has 0 radical (unpaired) electrons. The summed E-state index contributed by atoms with van der Waals surface area (Å²) in [4.78, 5) is 28.7. The lowest BCUT2D eigenvalue weighted by molar-refractivity contribution is -0.136. The topological polar surface area (TPSA) is 88.3 Å². The Morgan fingerprint density at radius 3 is 2.95 bits per heavy atom. The maximum Gasteiger partial charge on any atom is 0.251 e. The second kappa shape index (κ2) is 4.20. The number of carbonyl (C=O) groups excluding carboxylic acids is 2. The Labute approximate surface area is 113 Å². The van der Waals surface area contributed by atoms with Gasteiger partial charge in [-0.2, -0.15) is 0 Å². The minimum atomic E-state index is -0.518. The van der Waals surface area contributed by atoms with Crippen LogP contribution in [-0.4, -0.2) is 34.8 Å². The Balaban J connectivity index is 1.86. The van der Waals surface area contributed by atoms with Crippen LogP contribution in [0.2, 0.25) is 0 Å². The molecule has 2 aromatic rings. The molecule has 0 spiro atoms. The van der Waals surface area contributed by atoms with Crippen LogP contribution in [0.3, 0.4) is 0 Å². The van der Waals surface area contributed by atoms with E-state index in [1.807, 2.05) is 12.1 Å². The molecule has 6 nitrogen and oxygen atoms in total. The van der Waals surface area contributed by atoms with Crippen LogP contribution in [0.5, 0.6) is 0 Å². The van der Waals surface area contributed by atoms with Crippen molar-refractivity contribution in [2.45, 2.75) is 12.5 Å². The normalized spacial score (nSPS) is 19.4. The summed E-state index contributed by atoms with van der Waals surface area (Å²) >= 11 is 1.42. The summed E-state index contributed by atoms with van der Waals surface area (Å²) in [6.07, 6.45) is 0.174. The number of rotatable bonds is 2. The number of aromatic nitrogens is 1. The first-order chi connectivity index (χ1) is 9.04. The second-order valence-electron chi connectivity index (χ2n) is 4.44. The van der Waals surface area contributed by atoms with Crippen molar-refractivity contribution in [3.8, 4) is 0 Å². The zero-order valence-corrected chi connectivity index (χ0v) is 11.0. The number of imide groups is 1. The second-order valence-corrected chi connectivity index (χ2v) is 5.47. The number of nitrogens with one attached hydrogen (secondary N) is 1. The number of thiazole rings is 1. The quantitative estimate of drug-likeness (QED) is 0.632. The molecule has 1 fully saturated rings. The van der Waals surface area contributed by atoms with E-state index in [4.69, 9.17) is 5.73 Å². The highest BCUT2D eigenvalue weighted by Gasteiger charge is 2.36. The first-order valence-corrected chi connectivity index (χ1v) is 6.59. The smallest absolute Gasteiger partial charge is 0.251 e. The van der Waals surface area contributed by atoms with Crippen molar-refractivity contribution in [1.82, 2.24) is 9.88 Å². The third-order valence-electron chi connectivity index (χ3n) is 3.09. The van der Waals surface area contributed by atoms with Gasteiger partial charge < -0.3 is 11.1 Å². The maximum atomic E-state index is 11.8. The van der Waals surface area contributed by atoms with Crippen LogP contribution in [0, 0.1) is 0 Å². The van der Waals surface area contributed by atoms with Crippen molar-refractivity contribution in [1.29, 1.82) is 0 Å². The van der Waals surface area contributed by atoms with Crippen LogP contribution in [0.15, 0.2) is 18.2 Å². The fourth-order valence-corrected chi connectivity index (χ4v) is 2.99. The predicted octanol–water partition coefficient (Wildman–Crippen LogP) is 1.05. The van der Waals surface area contributed by atoms with Gasteiger partial charge in [-0.25, -0.2) is 4.98 Å². The van der Waals surface area contributed by atoms with E-state index in [0.29, 0.717) is 10.8 Å². The van der Waals surface area contributed by atoms with E-state index in [1.165, 1.54) is 18.4 Å². The van der Waals surface area contributed by atoms with E-state index in [0.717, 1.165) is 15.1 Å². The van der Waals surface area contributed by atoms with E-state index in [2.05, 4.69) is 10.3 Å². The molecule has 1 aliphatic rings. The van der Waals surface area contributed by atoms with Gasteiger partial charge in [0, 0.05) is 12.7 Å². The van der Waals surface area contributed by atoms with Gasteiger partial charge in [0.15, 0.2) is 5.13 Å². The van der Waals surface area contributed by atoms with Gasteiger partial charge in [-0.1, -0.05) is 11.3 Å². The van der Waals surface area contributed by atoms with E-state index in [-0.39, 0.29) is 18.2 Å². The maximum absolute atomic E-state index is 11.8. The van der Waals surface area contributed by atoms with Gasteiger partial charge in [-0.3, -0.25) is 14.5 Å². The summed E-state index contributed by atoms with van der Waals surface area (Å²) in [5.41, 5.74) is 7.21. The molecule has 2 amide bonds. The molecule has 1 aliphatic heterocycles. The molecule has 0 bridgehead atoms. The molecule has 3 N–H and O–H groups in total. The number of fused-ring (bicyclic) bond motifs is 1. The number of nitrogens with zero attached hydrogens (tertiary/aromatic N) is 2. The standard InChI is InChI=1S/C12H12N4O2S/c1-16-10(17)5-8(11(16)18)15-12-14-7-3-2-6(13)4-9(7)19-12/h2-4,8H,5,13H2,1H3,(H,14,15). The predicted molar refractivity (Wildman–Crippen MR) is 73.8 cm³/mol. The fourth-order valence-electron chi connectivity index (χ4n) is 2.02. The summed E-state index contributed by atoms with van der Waals surface area (Å²) in [6, 6.07) is 4.94. The molecular weight excluding hydrogens is 264 g/mol. The number of likely N-dealkylation sites (tertiary alicyclic amines) is 1. The van der Waals surface area contributed by atoms with Crippen LogP contribution in [0.1, 0.15) is 6.42 Å². The monoisotopic (exact) mass is 276 g/mol. The molecule has 1 saturated heterocycles. The third kappa shape index (κ3) is 2.01. The van der Waals surface area contributed by atoms with Crippen molar-refractivity contribution in [3.63, 3.8) is 0 Å². The highest BCUT2D eigenvalue weighted by Crippen LogP contribution is 2.29. The Hall–Kier alpha value is -2.15. The van der Waals surface area contributed by atoms with Crippen LogP contribution in [0.25, 0.3) is 10.2 Å². The van der Waals surface area contributed by atoms with E-state index in [1.54, 1.807) is 6.07 Å². The average molecular weight is 276 g/mol. The molecule has 1 atom stereocenters. The van der Waals surface area contributed by atoms with E-state index in [9.17, 15) is 9.59 Å². The minimum Gasteiger partial charge on any atom is -0.399 e. The SMILES string of the molecule is CN1C(=O)CC(Nc2nc3ccc(N)cc3s2)C1=O. The lowest BCUT2D eigenvalue weighted by Crippen LogP contribution is -2.31. The molecule has 1 aromatic carbocycles. The average Bonchev–Trinajstić information content (AvgIpc) is 2.86. The Kier molecular flexibility index (Phi) is 2.63. The van der Waals surface area contributed by atoms with Crippen LogP contribution in [-0.2, 0) is 9.59 Å². The van der Waals surface area contributed by atoms with E-state index < -0.39 is 6.04 Å². The van der Waals surface area contributed by atoms with Gasteiger partial charge in [0.25, 0.3) is 5.91 Å². The van der Waals surface area contributed by atoms with Crippen molar-refractivity contribution in [2.24, 2.45) is 0 Å². The van der Waals surface area contributed by atoms with Crippen molar-refractivity contribution < 1.29 is 9.59 Å². The number of nitrogens with two attached hydrogens (primary N) is 1. The first kappa shape index (κ1) is 11.9. The van der Waals surface area contributed by atoms with Crippen LogP contribution >= 0.6 is 11.3 Å². The zero-order chi connectivity index (χ0) is 13.6. The number of hydrogen-bond donors (Lipinski definition) is 2. The summed E-state index contributed by atoms with van der Waals surface area (Å²) in [5.74, 6) is -0.392. The van der Waals surface area contributed by atoms with Gasteiger partial charge in [-0.05, 0) is 18.2 Å². The van der Waals surface area contributed by atoms with Crippen LogP contribution < -0.4 is 11.1 Å². The molecule has 1 aromatic heterocycles. The third-order valence-corrected chi connectivity index (χ3v) is 4.04. The first-order valence-electron chi connectivity index (χ1n) is 5.77. The summed E-state index contributed by atoms with van der Waals surface area (Å²) < 4.78 is 0.952. The Morgan fingerprint density at radius 2 is 2.26 bits per heavy atom. The lowest BCUT2D eigenvalue weighted by atomic mass is 10.2. The Morgan fingerprint density at radius 1 is 1.47 bits per heavy atom. The van der Waals surface area contributed by atoms with Gasteiger partial charge >= 0.3 is 0 Å². The number of likely N-dealkylation sites (N-methyl/N-ethyl adjacent to an activating group) is 1. The van der Waals surface area contributed by atoms with Crippen molar-refractivity contribution >= 4 is 44.2 Å². The molecule has 98 valence electrons. The van der Waals surface area contributed by atoms with Crippen LogP contribution in [0.4, 0.5) is 10.8 Å². The highest BCUT2D eigenvalue weighted by molar-refractivity contribution is 7.22. The Bertz CT molecular complexity index is 681. The zero-order valence-electron chi connectivity index (χ0n) is 10.2. The van der Waals surface area contributed by atoms with Gasteiger partial charge in [0.05, 0.1) is 16.6 Å². The molecule has 3 rings (SSSR count). The summed E-state index contributed by atoms with van der Waals surface area (Å²) in [6.45, 7) is 0. The molecule has 1 unspecified atom stereocenters. The molecule has 7 heteroatoms. The largest absolute Gasteiger partial charge is 0.399 e. The van der Waals surface area contributed by atoms with Gasteiger partial charge in [-0.15, -0.1) is 0 Å². The van der Waals surface area contributed by atoms with Crippen molar-refractivity contribution in [3.05, 3.63) is 18.2 Å². The number of anilines is 2. The number of nitrogen functional groups attached to an aromatic ring is 1. The minimum absolute atomic E-state index is 0.173. The molecular formula is C12H12N4O2S. The number of benzene rings is 1. The number of carbonyl (C=O) groups is 2. The van der Waals surface area contributed by atoms with Crippen molar-refractivity contribution in [2.75, 3.05) is 18.1 Å². The molecule has 0 aliphatic carbocycles. The fraction of sp³-hybridized carbons (Fsp3) is 0.250. The van der Waals surface area contributed by atoms with Gasteiger partial charge in [0.2, 0.25) is 5.91 Å². The van der Waals surface area contributed by atoms with E-state index >= 15 is 0 Å².